The number of rotatable bonds is 4. The molecule has 0 aliphatic heterocycles. The molecular weight excluding hydrogens is 227 g/mol. The normalized spacial score (nSPS) is 12.6. The predicted octanol–water partition coefficient (Wildman–Crippen LogP) is 0.917. The Hall–Kier alpha value is -1.86. The van der Waals surface area contributed by atoms with Gasteiger partial charge >= 0.3 is 0 Å². The van der Waals surface area contributed by atoms with Gasteiger partial charge in [0, 0.05) is 13.7 Å². The minimum absolute atomic E-state index is 0.231. The van der Waals surface area contributed by atoms with Crippen molar-refractivity contribution in [1.82, 2.24) is 15.1 Å². The molecule has 0 aliphatic carbocycles. The lowest BCUT2D eigenvalue weighted by molar-refractivity contribution is 0.0804. The Morgan fingerprint density at radius 1 is 1.53 bits per heavy atom. The van der Waals surface area contributed by atoms with Gasteiger partial charge in [0.15, 0.2) is 0 Å². The zero-order chi connectivity index (χ0) is 12.3. The fraction of sp³-hybridized carbons (Fsp3) is 0.300. The van der Waals surface area contributed by atoms with Crippen LogP contribution < -0.4 is 5.73 Å². The predicted molar refractivity (Wildman–Crippen MR) is 56.3 cm³/mol. The van der Waals surface area contributed by atoms with Gasteiger partial charge in [-0.3, -0.25) is 0 Å². The third-order valence-electron chi connectivity index (χ3n) is 2.17. The van der Waals surface area contributed by atoms with Crippen LogP contribution in [0.15, 0.2) is 22.9 Å². The van der Waals surface area contributed by atoms with E-state index in [1.54, 1.807) is 0 Å². The summed E-state index contributed by atoms with van der Waals surface area (Å²) in [7, 11) is 1.50. The van der Waals surface area contributed by atoms with E-state index in [0.717, 1.165) is 6.20 Å². The highest BCUT2D eigenvalue weighted by atomic mass is 19.1. The topological polar surface area (TPSA) is 87.1 Å². The van der Waals surface area contributed by atoms with Crippen molar-refractivity contribution in [2.75, 3.05) is 13.7 Å². The van der Waals surface area contributed by atoms with Crippen LogP contribution in [0.5, 0.6) is 0 Å². The van der Waals surface area contributed by atoms with E-state index in [9.17, 15) is 4.39 Å². The maximum absolute atomic E-state index is 12.7. The average molecular weight is 238 g/mol. The largest absolute Gasteiger partial charge is 0.370 e. The van der Waals surface area contributed by atoms with Crippen LogP contribution in [0.25, 0.3) is 11.5 Å². The maximum Gasteiger partial charge on any atom is 0.257 e. The third-order valence-corrected chi connectivity index (χ3v) is 2.17. The number of nitrogens with zero attached hydrogens (tertiary/aromatic N) is 3. The molecule has 0 aliphatic rings. The molecule has 0 amide bonds. The number of pyridine rings is 1. The first-order valence-corrected chi connectivity index (χ1v) is 4.93. The molecule has 2 aromatic heterocycles. The van der Waals surface area contributed by atoms with Crippen molar-refractivity contribution >= 4 is 0 Å². The first kappa shape index (κ1) is 11.6. The minimum atomic E-state index is -0.448. The summed E-state index contributed by atoms with van der Waals surface area (Å²) < 4.78 is 22.7. The number of hydrogen-bond donors (Lipinski definition) is 1. The SMILES string of the molecule is COC(CN)c1nc(-c2ccc(F)cn2)no1. The maximum atomic E-state index is 12.7. The number of ether oxygens (including phenoxy) is 1. The Morgan fingerprint density at radius 3 is 2.94 bits per heavy atom. The van der Waals surface area contributed by atoms with Crippen molar-refractivity contribution in [3.63, 3.8) is 0 Å². The van der Waals surface area contributed by atoms with Gasteiger partial charge in [0.25, 0.3) is 5.89 Å². The molecule has 0 saturated carbocycles. The lowest BCUT2D eigenvalue weighted by atomic mass is 10.3. The van der Waals surface area contributed by atoms with Gasteiger partial charge in [-0.25, -0.2) is 9.37 Å². The second-order valence-electron chi connectivity index (χ2n) is 3.28. The highest BCUT2D eigenvalue weighted by Gasteiger charge is 2.17. The molecule has 0 spiro atoms. The molecular formula is C10H11FN4O2. The van der Waals surface area contributed by atoms with Crippen LogP contribution in [0.1, 0.15) is 12.0 Å². The van der Waals surface area contributed by atoms with Crippen molar-refractivity contribution in [2.45, 2.75) is 6.10 Å². The van der Waals surface area contributed by atoms with Crippen molar-refractivity contribution in [3.8, 4) is 11.5 Å². The molecule has 2 N–H and O–H groups in total. The van der Waals surface area contributed by atoms with E-state index in [4.69, 9.17) is 15.0 Å². The number of aromatic nitrogens is 3. The smallest absolute Gasteiger partial charge is 0.257 e. The standard InChI is InChI=1S/C10H11FN4O2/c1-16-8(4-12)10-14-9(15-17-10)7-3-2-6(11)5-13-7/h2-3,5,8H,4,12H2,1H3. The van der Waals surface area contributed by atoms with E-state index in [1.165, 1.54) is 19.2 Å². The lowest BCUT2D eigenvalue weighted by Crippen LogP contribution is -2.14. The molecule has 2 aromatic rings. The summed E-state index contributed by atoms with van der Waals surface area (Å²) in [5, 5.41) is 3.73. The van der Waals surface area contributed by atoms with Crippen LogP contribution >= 0.6 is 0 Å². The number of methoxy groups -OCH3 is 1. The van der Waals surface area contributed by atoms with Crippen LogP contribution in [0.4, 0.5) is 4.39 Å². The fourth-order valence-corrected chi connectivity index (χ4v) is 1.28. The highest BCUT2D eigenvalue weighted by Crippen LogP contribution is 2.18. The summed E-state index contributed by atoms with van der Waals surface area (Å²) in [4.78, 5) is 7.93. The van der Waals surface area contributed by atoms with Crippen LogP contribution in [0.2, 0.25) is 0 Å². The summed E-state index contributed by atoms with van der Waals surface area (Å²) in [6.07, 6.45) is 0.638. The van der Waals surface area contributed by atoms with Gasteiger partial charge < -0.3 is 15.0 Å². The quantitative estimate of drug-likeness (QED) is 0.852. The van der Waals surface area contributed by atoms with Crippen LogP contribution in [-0.4, -0.2) is 28.8 Å². The average Bonchev–Trinajstić information content (AvgIpc) is 2.81. The summed E-state index contributed by atoms with van der Waals surface area (Å²) in [5.74, 6) is 0.126. The molecule has 90 valence electrons. The van der Waals surface area contributed by atoms with E-state index < -0.39 is 11.9 Å². The Kier molecular flexibility index (Phi) is 3.40. The van der Waals surface area contributed by atoms with Crippen LogP contribution in [-0.2, 0) is 4.74 Å². The molecule has 0 bridgehead atoms. The number of hydrogen-bond acceptors (Lipinski definition) is 6. The molecule has 6 nitrogen and oxygen atoms in total. The zero-order valence-electron chi connectivity index (χ0n) is 9.13. The zero-order valence-corrected chi connectivity index (χ0v) is 9.13. The molecule has 7 heteroatoms. The van der Waals surface area contributed by atoms with Crippen molar-refractivity contribution in [2.24, 2.45) is 5.73 Å². The molecule has 0 fully saturated rings. The first-order chi connectivity index (χ1) is 8.24. The van der Waals surface area contributed by atoms with Gasteiger partial charge in [0.05, 0.1) is 6.20 Å². The second kappa shape index (κ2) is 4.98. The Labute approximate surface area is 96.6 Å². The molecule has 2 heterocycles. The summed E-state index contributed by atoms with van der Waals surface area (Å²) >= 11 is 0. The second-order valence-corrected chi connectivity index (χ2v) is 3.28. The van der Waals surface area contributed by atoms with Gasteiger partial charge in [-0.2, -0.15) is 4.98 Å². The van der Waals surface area contributed by atoms with E-state index in [0.29, 0.717) is 5.69 Å². The van der Waals surface area contributed by atoms with Crippen molar-refractivity contribution in [3.05, 3.63) is 30.0 Å². The van der Waals surface area contributed by atoms with Crippen LogP contribution in [0.3, 0.4) is 0 Å². The third kappa shape index (κ3) is 2.45. The van der Waals surface area contributed by atoms with E-state index in [-0.39, 0.29) is 18.3 Å². The molecule has 17 heavy (non-hydrogen) atoms. The molecule has 0 radical (unpaired) electrons. The Bertz CT molecular complexity index is 481. The van der Waals surface area contributed by atoms with E-state index in [1.807, 2.05) is 0 Å². The van der Waals surface area contributed by atoms with Crippen LogP contribution in [0, 0.1) is 5.82 Å². The molecule has 0 aromatic carbocycles. The lowest BCUT2D eigenvalue weighted by Gasteiger charge is -2.05. The van der Waals surface area contributed by atoms with Gasteiger partial charge in [0.1, 0.15) is 17.6 Å². The van der Waals surface area contributed by atoms with Gasteiger partial charge in [-0.05, 0) is 12.1 Å². The molecule has 0 saturated heterocycles. The summed E-state index contributed by atoms with van der Waals surface area (Å²) in [5.41, 5.74) is 5.89. The molecule has 2 rings (SSSR count). The molecule has 1 atom stereocenters. The van der Waals surface area contributed by atoms with Gasteiger partial charge in [-0.1, -0.05) is 5.16 Å². The van der Waals surface area contributed by atoms with E-state index in [2.05, 4.69) is 15.1 Å². The molecule has 1 unspecified atom stereocenters. The Balaban J connectivity index is 2.26. The highest BCUT2D eigenvalue weighted by molar-refractivity contribution is 5.47. The summed E-state index contributed by atoms with van der Waals surface area (Å²) in [6.45, 7) is 0.231. The fourth-order valence-electron chi connectivity index (χ4n) is 1.28. The van der Waals surface area contributed by atoms with E-state index >= 15 is 0 Å². The van der Waals surface area contributed by atoms with Gasteiger partial charge in [-0.15, -0.1) is 0 Å². The summed E-state index contributed by atoms with van der Waals surface area (Å²) in [6, 6.07) is 2.74. The minimum Gasteiger partial charge on any atom is -0.370 e. The van der Waals surface area contributed by atoms with Crippen molar-refractivity contribution in [1.29, 1.82) is 0 Å². The number of halogens is 1. The van der Waals surface area contributed by atoms with Crippen molar-refractivity contribution < 1.29 is 13.7 Å². The number of nitrogens with two attached hydrogens (primary N) is 1. The Morgan fingerprint density at radius 2 is 2.35 bits per heavy atom. The van der Waals surface area contributed by atoms with Gasteiger partial charge in [0.2, 0.25) is 5.82 Å². The monoisotopic (exact) mass is 238 g/mol. The first-order valence-electron chi connectivity index (χ1n) is 4.93.